The fraction of sp³-hybridized carbons (Fsp3) is 0.458. The lowest BCUT2D eigenvalue weighted by Gasteiger charge is -2.32. The molecule has 3 aromatic rings. The minimum absolute atomic E-state index is 0.209. The summed E-state index contributed by atoms with van der Waals surface area (Å²) in [5, 5.41) is 0. The maximum absolute atomic E-state index is 12.3. The summed E-state index contributed by atoms with van der Waals surface area (Å²) in [5.74, 6) is -0.674. The Morgan fingerprint density at radius 2 is 1.91 bits per heavy atom. The molecule has 8 heteroatoms. The van der Waals surface area contributed by atoms with Crippen molar-refractivity contribution in [1.82, 2.24) is 19.4 Å². The number of rotatable bonds is 8. The zero-order valence-corrected chi connectivity index (χ0v) is 18.7. The second-order valence-electron chi connectivity index (χ2n) is 8.44. The van der Waals surface area contributed by atoms with Crippen LogP contribution < -0.4 is 5.76 Å². The van der Waals surface area contributed by atoms with Crippen LogP contribution in [0.5, 0.6) is 0 Å². The van der Waals surface area contributed by atoms with Crippen molar-refractivity contribution < 1.29 is 13.9 Å². The van der Waals surface area contributed by atoms with Crippen molar-refractivity contribution >= 4 is 17.2 Å². The van der Waals surface area contributed by atoms with E-state index in [-0.39, 0.29) is 12.4 Å². The van der Waals surface area contributed by atoms with Crippen LogP contribution in [0, 0.1) is 6.92 Å². The molecule has 0 unspecified atom stereocenters. The lowest BCUT2D eigenvalue weighted by Crippen LogP contribution is -2.44. The number of hydrogen-bond donors (Lipinski definition) is 0. The second kappa shape index (κ2) is 10.1. The van der Waals surface area contributed by atoms with Gasteiger partial charge in [-0.3, -0.25) is 9.36 Å². The van der Waals surface area contributed by atoms with Crippen molar-refractivity contribution in [3.05, 3.63) is 63.8 Å². The van der Waals surface area contributed by atoms with Crippen molar-refractivity contribution in [1.29, 1.82) is 0 Å². The molecule has 2 aromatic heterocycles. The molecular formula is C24H30N4O4. The third kappa shape index (κ3) is 5.63. The Hall–Kier alpha value is -2.97. The summed E-state index contributed by atoms with van der Waals surface area (Å²) < 4.78 is 12.2. The Morgan fingerprint density at radius 1 is 1.12 bits per heavy atom. The molecule has 0 atom stereocenters. The van der Waals surface area contributed by atoms with Gasteiger partial charge in [-0.2, -0.15) is 0 Å². The number of benzene rings is 1. The quantitative estimate of drug-likeness (QED) is 0.393. The highest BCUT2D eigenvalue weighted by Gasteiger charge is 2.14. The lowest BCUT2D eigenvalue weighted by atomic mass is 10.1. The predicted molar refractivity (Wildman–Crippen MR) is 122 cm³/mol. The van der Waals surface area contributed by atoms with Gasteiger partial charge in [-0.25, -0.2) is 9.78 Å². The number of oxazole rings is 1. The van der Waals surface area contributed by atoms with Gasteiger partial charge in [0.15, 0.2) is 11.2 Å². The summed E-state index contributed by atoms with van der Waals surface area (Å²) in [4.78, 5) is 33.7. The predicted octanol–water partition coefficient (Wildman–Crippen LogP) is 2.07. The van der Waals surface area contributed by atoms with Crippen molar-refractivity contribution in [2.45, 2.75) is 26.3 Å². The zero-order chi connectivity index (χ0) is 22.5. The molecule has 3 heterocycles. The maximum atomic E-state index is 12.3. The van der Waals surface area contributed by atoms with Crippen molar-refractivity contribution in [2.24, 2.45) is 0 Å². The molecule has 0 aliphatic carbocycles. The standard InChI is InChI=1S/C24H30N4O4/c1-18-7-8-21-23(25-18)28(24(30)32-21)17-20-6-3-5-19(15-20)16-22(29)31-14-4-9-27-12-10-26(2)11-13-27/h3,5-8,15H,4,9-14,16-17H2,1-2H3. The molecule has 170 valence electrons. The molecule has 1 aromatic carbocycles. The van der Waals surface area contributed by atoms with E-state index >= 15 is 0 Å². The summed E-state index contributed by atoms with van der Waals surface area (Å²) >= 11 is 0. The van der Waals surface area contributed by atoms with Gasteiger partial charge in [0, 0.05) is 38.4 Å². The fourth-order valence-electron chi connectivity index (χ4n) is 3.96. The molecule has 8 nitrogen and oxygen atoms in total. The van der Waals surface area contributed by atoms with Crippen LogP contribution >= 0.6 is 0 Å². The molecular weight excluding hydrogens is 408 g/mol. The average Bonchev–Trinajstić information content (AvgIpc) is 3.07. The molecule has 1 saturated heterocycles. The van der Waals surface area contributed by atoms with E-state index < -0.39 is 5.76 Å². The van der Waals surface area contributed by atoms with E-state index in [0.29, 0.717) is 24.4 Å². The normalized spacial score (nSPS) is 15.3. The SMILES string of the molecule is Cc1ccc2oc(=O)n(Cc3cccc(CC(=O)OCCCN4CCN(C)CC4)c3)c2n1. The first-order valence-corrected chi connectivity index (χ1v) is 11.1. The molecule has 0 amide bonds. The van der Waals surface area contributed by atoms with Crippen LogP contribution in [0.2, 0.25) is 0 Å². The molecule has 0 radical (unpaired) electrons. The van der Waals surface area contributed by atoms with E-state index in [9.17, 15) is 9.59 Å². The number of fused-ring (bicyclic) bond motifs is 1. The molecule has 1 aliphatic heterocycles. The Kier molecular flexibility index (Phi) is 7.02. The van der Waals surface area contributed by atoms with Crippen LogP contribution in [0.4, 0.5) is 0 Å². The minimum atomic E-state index is -0.441. The highest BCUT2D eigenvalue weighted by Crippen LogP contribution is 2.14. The highest BCUT2D eigenvalue weighted by molar-refractivity contribution is 5.72. The van der Waals surface area contributed by atoms with Crippen molar-refractivity contribution in [3.63, 3.8) is 0 Å². The van der Waals surface area contributed by atoms with Gasteiger partial charge in [0.05, 0.1) is 19.6 Å². The number of pyridine rings is 1. The first kappa shape index (κ1) is 22.2. The van der Waals surface area contributed by atoms with Crippen LogP contribution in [0.3, 0.4) is 0 Å². The summed E-state index contributed by atoms with van der Waals surface area (Å²) in [6, 6.07) is 11.2. The molecule has 32 heavy (non-hydrogen) atoms. The zero-order valence-electron chi connectivity index (χ0n) is 18.7. The highest BCUT2D eigenvalue weighted by atomic mass is 16.5. The third-order valence-electron chi connectivity index (χ3n) is 5.81. The Balaban J connectivity index is 1.30. The van der Waals surface area contributed by atoms with Crippen LogP contribution in [0.1, 0.15) is 23.2 Å². The number of aryl methyl sites for hydroxylation is 1. The van der Waals surface area contributed by atoms with Crippen LogP contribution in [0.15, 0.2) is 45.6 Å². The van der Waals surface area contributed by atoms with Gasteiger partial charge in [-0.1, -0.05) is 24.3 Å². The van der Waals surface area contributed by atoms with Crippen molar-refractivity contribution in [2.75, 3.05) is 46.4 Å². The topological polar surface area (TPSA) is 80.8 Å². The van der Waals surface area contributed by atoms with Gasteiger partial charge in [0.25, 0.3) is 0 Å². The van der Waals surface area contributed by atoms with E-state index in [1.54, 1.807) is 6.07 Å². The second-order valence-corrected chi connectivity index (χ2v) is 8.44. The van der Waals surface area contributed by atoms with E-state index in [0.717, 1.165) is 56.0 Å². The summed E-state index contributed by atoms with van der Waals surface area (Å²) in [6.07, 6.45) is 1.05. The molecule has 4 rings (SSSR count). The monoisotopic (exact) mass is 438 g/mol. The molecule has 0 bridgehead atoms. The Morgan fingerprint density at radius 3 is 2.72 bits per heavy atom. The van der Waals surface area contributed by atoms with Gasteiger partial charge in [-0.05, 0) is 43.7 Å². The minimum Gasteiger partial charge on any atom is -0.465 e. The van der Waals surface area contributed by atoms with E-state index in [2.05, 4.69) is 21.8 Å². The van der Waals surface area contributed by atoms with Gasteiger partial charge in [0.2, 0.25) is 0 Å². The third-order valence-corrected chi connectivity index (χ3v) is 5.81. The van der Waals surface area contributed by atoms with E-state index in [1.165, 1.54) is 4.57 Å². The molecule has 0 saturated carbocycles. The van der Waals surface area contributed by atoms with Gasteiger partial charge >= 0.3 is 11.7 Å². The number of hydrogen-bond acceptors (Lipinski definition) is 7. The van der Waals surface area contributed by atoms with Crippen LogP contribution in [-0.4, -0.2) is 71.7 Å². The van der Waals surface area contributed by atoms with E-state index in [1.807, 2.05) is 37.3 Å². The van der Waals surface area contributed by atoms with Gasteiger partial charge in [0.1, 0.15) is 0 Å². The van der Waals surface area contributed by atoms with Gasteiger partial charge in [-0.15, -0.1) is 0 Å². The smallest absolute Gasteiger partial charge is 0.421 e. The summed E-state index contributed by atoms with van der Waals surface area (Å²) in [7, 11) is 2.14. The number of ether oxygens (including phenoxy) is 1. The molecule has 1 aliphatic rings. The lowest BCUT2D eigenvalue weighted by molar-refractivity contribution is -0.143. The summed E-state index contributed by atoms with van der Waals surface area (Å²) in [5.41, 5.74) is 3.57. The number of carbonyl (C=O) groups excluding carboxylic acids is 1. The summed E-state index contributed by atoms with van der Waals surface area (Å²) in [6.45, 7) is 7.92. The van der Waals surface area contributed by atoms with Crippen LogP contribution in [-0.2, 0) is 22.5 Å². The first-order valence-electron chi connectivity index (χ1n) is 11.1. The van der Waals surface area contributed by atoms with Gasteiger partial charge < -0.3 is 19.0 Å². The number of likely N-dealkylation sites (N-methyl/N-ethyl adjacent to an activating group) is 1. The van der Waals surface area contributed by atoms with E-state index in [4.69, 9.17) is 9.15 Å². The number of esters is 1. The number of aromatic nitrogens is 2. The molecule has 0 spiro atoms. The molecule has 1 fully saturated rings. The van der Waals surface area contributed by atoms with Crippen molar-refractivity contribution in [3.8, 4) is 0 Å². The molecule has 0 N–H and O–H groups in total. The maximum Gasteiger partial charge on any atom is 0.421 e. The largest absolute Gasteiger partial charge is 0.465 e. The van der Waals surface area contributed by atoms with Crippen LogP contribution in [0.25, 0.3) is 11.2 Å². The number of nitrogens with zero attached hydrogens (tertiary/aromatic N) is 4. The Bertz CT molecular complexity index is 1130. The average molecular weight is 439 g/mol. The number of piperazine rings is 1. The Labute approximate surface area is 187 Å². The fourth-order valence-corrected chi connectivity index (χ4v) is 3.96. The first-order chi connectivity index (χ1) is 15.5. The number of carbonyl (C=O) groups is 1.